The molecule has 90 valence electrons. The summed E-state index contributed by atoms with van der Waals surface area (Å²) < 4.78 is 4.62. The summed E-state index contributed by atoms with van der Waals surface area (Å²) in [5.74, 6) is -0.640. The molecular weight excluding hydrogens is 218 g/mol. The Labute approximate surface area is 91.7 Å². The van der Waals surface area contributed by atoms with Gasteiger partial charge in [-0.2, -0.15) is 0 Å². The Morgan fingerprint density at radius 3 is 2.75 bits per heavy atom. The second-order valence-electron chi connectivity index (χ2n) is 2.73. The molecule has 0 aliphatic rings. The van der Waals surface area contributed by atoms with Gasteiger partial charge >= 0.3 is 0 Å². The number of amides is 1. The summed E-state index contributed by atoms with van der Waals surface area (Å²) in [5.41, 5.74) is -0.314. The minimum absolute atomic E-state index is 0.129. The molecule has 0 saturated heterocycles. The second-order valence-corrected chi connectivity index (χ2v) is 2.73. The fourth-order valence-corrected chi connectivity index (χ4v) is 0.842. The van der Waals surface area contributed by atoms with Gasteiger partial charge in [0.25, 0.3) is 11.9 Å². The fourth-order valence-electron chi connectivity index (χ4n) is 0.842. The Balaban J connectivity index is 4.64. The third-order valence-electron chi connectivity index (χ3n) is 1.65. The fraction of sp³-hybridized carbons (Fsp3) is 0.500. The summed E-state index contributed by atoms with van der Waals surface area (Å²) in [6.45, 7) is -0.129. The molecule has 0 aliphatic carbocycles. The van der Waals surface area contributed by atoms with E-state index in [9.17, 15) is 14.9 Å². The predicted octanol–water partition coefficient (Wildman–Crippen LogP) is -0.589. The number of carbonyl (C=O) groups excluding carboxylic acids is 1. The van der Waals surface area contributed by atoms with Gasteiger partial charge in [0.15, 0.2) is 5.71 Å². The van der Waals surface area contributed by atoms with Crippen LogP contribution in [-0.4, -0.2) is 48.6 Å². The van der Waals surface area contributed by atoms with Crippen LogP contribution in [0.1, 0.15) is 0 Å². The molecule has 0 fully saturated rings. The van der Waals surface area contributed by atoms with Gasteiger partial charge in [0, 0.05) is 19.1 Å². The molecule has 1 unspecified atom stereocenters. The Morgan fingerprint density at radius 2 is 2.38 bits per heavy atom. The van der Waals surface area contributed by atoms with Gasteiger partial charge in [0.1, 0.15) is 6.61 Å². The maximum Gasteiger partial charge on any atom is 0.273 e. The van der Waals surface area contributed by atoms with Crippen molar-refractivity contribution < 1.29 is 19.7 Å². The molecule has 1 atom stereocenters. The first-order valence-corrected chi connectivity index (χ1v) is 4.31. The Morgan fingerprint density at radius 1 is 1.75 bits per heavy atom. The minimum Gasteiger partial charge on any atom is -0.410 e. The lowest BCUT2D eigenvalue weighted by Crippen LogP contribution is -2.27. The van der Waals surface area contributed by atoms with E-state index < -0.39 is 16.9 Å². The predicted molar refractivity (Wildman–Crippen MR) is 55.1 cm³/mol. The highest BCUT2D eigenvalue weighted by molar-refractivity contribution is 6.43. The number of nitro groups is 1. The van der Waals surface area contributed by atoms with E-state index in [1.165, 1.54) is 14.2 Å². The molecule has 16 heavy (non-hydrogen) atoms. The van der Waals surface area contributed by atoms with E-state index in [2.05, 4.69) is 15.2 Å². The van der Waals surface area contributed by atoms with Crippen LogP contribution in [0.5, 0.6) is 0 Å². The zero-order valence-electron chi connectivity index (χ0n) is 8.91. The van der Waals surface area contributed by atoms with Crippen LogP contribution < -0.4 is 5.32 Å². The first kappa shape index (κ1) is 14.0. The minimum atomic E-state index is -1.09. The molecule has 0 aromatic rings. The summed E-state index contributed by atoms with van der Waals surface area (Å²) in [4.78, 5) is 21.0. The van der Waals surface area contributed by atoms with Gasteiger partial charge in [0.05, 0.1) is 0 Å². The van der Waals surface area contributed by atoms with Crippen LogP contribution in [0.15, 0.2) is 17.3 Å². The summed E-state index contributed by atoms with van der Waals surface area (Å²) in [6, 6.07) is -1.09. The van der Waals surface area contributed by atoms with Gasteiger partial charge in [-0.3, -0.25) is 14.9 Å². The SMILES string of the molecule is CNC(=O)C(C=CC(COC)[N+](=O)[O-])=NO. The topological polar surface area (TPSA) is 114 Å². The zero-order valence-corrected chi connectivity index (χ0v) is 8.91. The molecular formula is C8H13N3O5. The van der Waals surface area contributed by atoms with Gasteiger partial charge in [0.2, 0.25) is 0 Å². The molecule has 0 aromatic carbocycles. The summed E-state index contributed by atoms with van der Waals surface area (Å²) in [7, 11) is 2.67. The van der Waals surface area contributed by atoms with Crippen LogP contribution in [-0.2, 0) is 9.53 Å². The molecule has 0 rings (SSSR count). The third kappa shape index (κ3) is 4.51. The van der Waals surface area contributed by atoms with E-state index in [4.69, 9.17) is 5.21 Å². The molecule has 8 heteroatoms. The molecule has 0 aliphatic heterocycles. The normalized spacial score (nSPS) is 13.8. The van der Waals surface area contributed by atoms with Crippen molar-refractivity contribution in [2.24, 2.45) is 5.16 Å². The Kier molecular flexibility index (Phi) is 6.45. The van der Waals surface area contributed by atoms with Gasteiger partial charge in [-0.25, -0.2) is 0 Å². The lowest BCUT2D eigenvalue weighted by Gasteiger charge is -2.02. The van der Waals surface area contributed by atoms with E-state index in [-0.39, 0.29) is 12.3 Å². The van der Waals surface area contributed by atoms with Gasteiger partial charge in [-0.15, -0.1) is 0 Å². The number of nitrogens with zero attached hydrogens (tertiary/aromatic N) is 2. The third-order valence-corrected chi connectivity index (χ3v) is 1.65. The average molecular weight is 231 g/mol. The van der Waals surface area contributed by atoms with Crippen LogP contribution in [0.2, 0.25) is 0 Å². The van der Waals surface area contributed by atoms with Crippen LogP contribution in [0.4, 0.5) is 0 Å². The van der Waals surface area contributed by atoms with Gasteiger partial charge in [-0.1, -0.05) is 5.16 Å². The smallest absolute Gasteiger partial charge is 0.273 e. The number of nitrogens with one attached hydrogen (secondary N) is 1. The highest BCUT2D eigenvalue weighted by Gasteiger charge is 2.16. The summed E-state index contributed by atoms with van der Waals surface area (Å²) >= 11 is 0. The molecule has 8 nitrogen and oxygen atoms in total. The Hall–Kier alpha value is -1.96. The van der Waals surface area contributed by atoms with Crippen molar-refractivity contribution in [1.82, 2.24) is 5.32 Å². The van der Waals surface area contributed by atoms with Crippen LogP contribution >= 0.6 is 0 Å². The maximum atomic E-state index is 11.0. The maximum absolute atomic E-state index is 11.0. The summed E-state index contributed by atoms with van der Waals surface area (Å²) in [6.07, 6.45) is 2.18. The molecule has 0 radical (unpaired) electrons. The number of methoxy groups -OCH3 is 1. The van der Waals surface area contributed by atoms with Crippen molar-refractivity contribution in [1.29, 1.82) is 0 Å². The number of carbonyl (C=O) groups is 1. The number of hydrogen-bond acceptors (Lipinski definition) is 6. The quantitative estimate of drug-likeness (QED) is 0.274. The number of hydrogen-bond donors (Lipinski definition) is 2. The lowest BCUT2D eigenvalue weighted by molar-refractivity contribution is -0.512. The van der Waals surface area contributed by atoms with Gasteiger partial charge in [-0.05, 0) is 12.2 Å². The van der Waals surface area contributed by atoms with E-state index >= 15 is 0 Å². The summed E-state index contributed by atoms with van der Waals surface area (Å²) in [5, 5.41) is 23.9. The van der Waals surface area contributed by atoms with Crippen LogP contribution in [0.3, 0.4) is 0 Å². The first-order valence-electron chi connectivity index (χ1n) is 4.31. The molecule has 0 bridgehead atoms. The number of rotatable bonds is 6. The molecule has 2 N–H and O–H groups in total. The average Bonchev–Trinajstić information content (AvgIpc) is 2.27. The zero-order chi connectivity index (χ0) is 12.6. The van der Waals surface area contributed by atoms with Gasteiger partial charge < -0.3 is 15.3 Å². The largest absolute Gasteiger partial charge is 0.410 e. The van der Waals surface area contributed by atoms with Crippen molar-refractivity contribution in [3.63, 3.8) is 0 Å². The second kappa shape index (κ2) is 7.35. The van der Waals surface area contributed by atoms with E-state index in [0.717, 1.165) is 12.2 Å². The number of oxime groups is 1. The van der Waals surface area contributed by atoms with Crippen molar-refractivity contribution >= 4 is 11.6 Å². The van der Waals surface area contributed by atoms with Crippen molar-refractivity contribution in [3.05, 3.63) is 22.3 Å². The highest BCUT2D eigenvalue weighted by atomic mass is 16.6. The monoisotopic (exact) mass is 231 g/mol. The lowest BCUT2D eigenvalue weighted by atomic mass is 10.2. The van der Waals surface area contributed by atoms with E-state index in [1.54, 1.807) is 0 Å². The van der Waals surface area contributed by atoms with Crippen molar-refractivity contribution in [2.45, 2.75) is 6.04 Å². The molecule has 0 saturated carbocycles. The van der Waals surface area contributed by atoms with Crippen molar-refractivity contribution in [3.8, 4) is 0 Å². The molecule has 0 spiro atoms. The van der Waals surface area contributed by atoms with Crippen LogP contribution in [0, 0.1) is 10.1 Å². The first-order chi connectivity index (χ1) is 7.56. The number of ether oxygens (including phenoxy) is 1. The van der Waals surface area contributed by atoms with E-state index in [0.29, 0.717) is 0 Å². The Bertz CT molecular complexity index is 313. The molecule has 0 heterocycles. The van der Waals surface area contributed by atoms with Crippen LogP contribution in [0.25, 0.3) is 0 Å². The van der Waals surface area contributed by atoms with E-state index in [1.807, 2.05) is 0 Å². The van der Waals surface area contributed by atoms with Crippen molar-refractivity contribution in [2.75, 3.05) is 20.8 Å². The highest BCUT2D eigenvalue weighted by Crippen LogP contribution is 1.95. The molecule has 0 aromatic heterocycles. The standard InChI is InChI=1S/C8H13N3O5/c1-9-8(12)7(10-13)4-3-6(5-16-2)11(14)15/h3-4,6,13H,5H2,1-2H3,(H,9,12). The molecule has 1 amide bonds.